The molecular formula is C15H11ClN2O3S. The molecule has 2 aromatic rings. The summed E-state index contributed by atoms with van der Waals surface area (Å²) in [5.74, 6) is -0.0760. The van der Waals surface area contributed by atoms with Gasteiger partial charge in [0.05, 0.1) is 10.6 Å². The minimum Gasteiger partial charge on any atom is -0.324 e. The molecule has 22 heavy (non-hydrogen) atoms. The van der Waals surface area contributed by atoms with Crippen LogP contribution in [0.3, 0.4) is 0 Å². The van der Waals surface area contributed by atoms with E-state index in [0.29, 0.717) is 5.02 Å². The number of anilines is 1. The Morgan fingerprint density at radius 3 is 2.55 bits per heavy atom. The van der Waals surface area contributed by atoms with Crippen LogP contribution in [0.25, 0.3) is 11.1 Å². The predicted molar refractivity (Wildman–Crippen MR) is 88.4 cm³/mol. The number of rotatable bonds is 3. The molecule has 3 rings (SSSR count). The van der Waals surface area contributed by atoms with Crippen LogP contribution < -0.4 is 5.32 Å². The van der Waals surface area contributed by atoms with Gasteiger partial charge in [0, 0.05) is 28.3 Å². The first kappa shape index (κ1) is 14.9. The van der Waals surface area contributed by atoms with Gasteiger partial charge in [0.15, 0.2) is 0 Å². The molecule has 2 aromatic carbocycles. The lowest BCUT2D eigenvalue weighted by Crippen LogP contribution is -2.08. The monoisotopic (exact) mass is 334 g/mol. The second kappa shape index (κ2) is 5.62. The van der Waals surface area contributed by atoms with E-state index in [4.69, 9.17) is 11.6 Å². The third-order valence-corrected chi connectivity index (χ3v) is 4.68. The van der Waals surface area contributed by atoms with Crippen molar-refractivity contribution in [1.82, 2.24) is 0 Å². The molecule has 1 unspecified atom stereocenters. The Morgan fingerprint density at radius 1 is 1.27 bits per heavy atom. The number of carbonyl (C=O) groups is 1. The van der Waals surface area contributed by atoms with Crippen LogP contribution in [0.5, 0.6) is 0 Å². The maximum absolute atomic E-state index is 12.0. The highest BCUT2D eigenvalue weighted by molar-refractivity contribution is 7.99. The van der Waals surface area contributed by atoms with Crippen molar-refractivity contribution in [3.05, 3.63) is 57.1 Å². The van der Waals surface area contributed by atoms with Gasteiger partial charge in [-0.2, -0.15) is 0 Å². The van der Waals surface area contributed by atoms with Gasteiger partial charge in [0.25, 0.3) is 5.69 Å². The quantitative estimate of drug-likeness (QED) is 0.672. The lowest BCUT2D eigenvalue weighted by atomic mass is 10.00. The van der Waals surface area contributed by atoms with Gasteiger partial charge < -0.3 is 5.32 Å². The molecule has 0 radical (unpaired) electrons. The number of benzene rings is 2. The highest BCUT2D eigenvalue weighted by Gasteiger charge is 2.32. The zero-order chi connectivity index (χ0) is 15.9. The number of amides is 1. The maximum Gasteiger partial charge on any atom is 0.269 e. The fourth-order valence-corrected chi connectivity index (χ4v) is 3.47. The molecule has 0 saturated heterocycles. The lowest BCUT2D eigenvalue weighted by molar-refractivity contribution is -0.384. The molecule has 5 nitrogen and oxygen atoms in total. The summed E-state index contributed by atoms with van der Waals surface area (Å²) in [4.78, 5) is 22.3. The number of hydrogen-bond acceptors (Lipinski definition) is 4. The van der Waals surface area contributed by atoms with Gasteiger partial charge in [-0.15, -0.1) is 11.8 Å². The first-order valence-corrected chi connectivity index (χ1v) is 8.10. The van der Waals surface area contributed by atoms with Gasteiger partial charge in [0.1, 0.15) is 5.25 Å². The van der Waals surface area contributed by atoms with Crippen LogP contribution in [0.1, 0.15) is 10.8 Å². The van der Waals surface area contributed by atoms with Crippen molar-refractivity contribution in [2.75, 3.05) is 11.6 Å². The predicted octanol–water partition coefficient (Wildman–Crippen LogP) is 4.27. The number of hydrogen-bond donors (Lipinski definition) is 1. The van der Waals surface area contributed by atoms with E-state index in [2.05, 4.69) is 5.32 Å². The molecule has 0 fully saturated rings. The summed E-state index contributed by atoms with van der Waals surface area (Å²) < 4.78 is 0. The summed E-state index contributed by atoms with van der Waals surface area (Å²) in [6.45, 7) is 0. The Kier molecular flexibility index (Phi) is 3.80. The van der Waals surface area contributed by atoms with Crippen molar-refractivity contribution in [1.29, 1.82) is 0 Å². The van der Waals surface area contributed by atoms with E-state index in [-0.39, 0.29) is 16.8 Å². The van der Waals surface area contributed by atoms with Crippen molar-refractivity contribution in [3.8, 4) is 11.1 Å². The molecule has 0 saturated carbocycles. The minimum atomic E-state index is -0.447. The van der Waals surface area contributed by atoms with Gasteiger partial charge in [-0.25, -0.2) is 0 Å². The second-order valence-corrected chi connectivity index (χ2v) is 6.21. The SMILES string of the molecule is CSC1C(=O)Nc2c(-c3ccc([N+](=O)[O-])cc3)cc(Cl)cc21. The molecule has 7 heteroatoms. The van der Waals surface area contributed by atoms with Gasteiger partial charge in [-0.1, -0.05) is 11.6 Å². The summed E-state index contributed by atoms with van der Waals surface area (Å²) in [5, 5.41) is 13.9. The van der Waals surface area contributed by atoms with Crippen LogP contribution >= 0.6 is 23.4 Å². The van der Waals surface area contributed by atoms with Gasteiger partial charge >= 0.3 is 0 Å². The number of nitro groups is 1. The topological polar surface area (TPSA) is 72.2 Å². The van der Waals surface area contributed by atoms with Crippen LogP contribution in [0, 0.1) is 10.1 Å². The molecule has 0 spiro atoms. The fraction of sp³-hybridized carbons (Fsp3) is 0.133. The molecule has 1 N–H and O–H groups in total. The van der Waals surface area contributed by atoms with E-state index >= 15 is 0 Å². The number of nitro benzene ring substituents is 1. The first-order chi connectivity index (χ1) is 10.5. The smallest absolute Gasteiger partial charge is 0.269 e. The highest BCUT2D eigenvalue weighted by Crippen LogP contribution is 2.45. The van der Waals surface area contributed by atoms with Crippen molar-refractivity contribution in [2.24, 2.45) is 0 Å². The summed E-state index contributed by atoms with van der Waals surface area (Å²) in [6.07, 6.45) is 1.87. The molecule has 0 aliphatic carbocycles. The molecule has 1 aliphatic heterocycles. The van der Waals surface area contributed by atoms with E-state index < -0.39 is 4.92 Å². The van der Waals surface area contributed by atoms with E-state index in [1.807, 2.05) is 6.26 Å². The summed E-state index contributed by atoms with van der Waals surface area (Å²) in [7, 11) is 0. The van der Waals surface area contributed by atoms with Gasteiger partial charge in [0.2, 0.25) is 5.91 Å². The number of non-ortho nitro benzene ring substituents is 1. The lowest BCUT2D eigenvalue weighted by Gasteiger charge is -2.10. The van der Waals surface area contributed by atoms with Crippen molar-refractivity contribution >= 4 is 40.6 Å². The van der Waals surface area contributed by atoms with Crippen LogP contribution in [0.2, 0.25) is 5.02 Å². The van der Waals surface area contributed by atoms with E-state index in [9.17, 15) is 14.9 Å². The molecule has 112 valence electrons. The number of halogens is 1. The second-order valence-electron chi connectivity index (χ2n) is 4.83. The first-order valence-electron chi connectivity index (χ1n) is 6.43. The molecule has 0 aromatic heterocycles. The zero-order valence-electron chi connectivity index (χ0n) is 11.5. The van der Waals surface area contributed by atoms with Crippen LogP contribution in [0.15, 0.2) is 36.4 Å². The fourth-order valence-electron chi connectivity index (χ4n) is 2.53. The summed E-state index contributed by atoms with van der Waals surface area (Å²) in [6, 6.07) is 9.72. The normalized spacial score (nSPS) is 16.3. The summed E-state index contributed by atoms with van der Waals surface area (Å²) in [5.41, 5.74) is 3.13. The van der Waals surface area contributed by atoms with Gasteiger partial charge in [-0.3, -0.25) is 14.9 Å². The van der Waals surface area contributed by atoms with Crippen LogP contribution in [-0.2, 0) is 4.79 Å². The third kappa shape index (κ3) is 2.44. The minimum absolute atomic E-state index is 0.0217. The van der Waals surface area contributed by atoms with Crippen LogP contribution in [-0.4, -0.2) is 17.1 Å². The Hall–Kier alpha value is -2.05. The average Bonchev–Trinajstić information content (AvgIpc) is 2.81. The highest BCUT2D eigenvalue weighted by atomic mass is 35.5. The average molecular weight is 335 g/mol. The Bertz CT molecular complexity index is 777. The van der Waals surface area contributed by atoms with Crippen molar-refractivity contribution in [3.63, 3.8) is 0 Å². The molecule has 1 heterocycles. The Morgan fingerprint density at radius 2 is 1.95 bits per heavy atom. The number of thioether (sulfide) groups is 1. The van der Waals surface area contributed by atoms with E-state index in [1.54, 1.807) is 24.3 Å². The van der Waals surface area contributed by atoms with Crippen molar-refractivity contribution in [2.45, 2.75) is 5.25 Å². The van der Waals surface area contributed by atoms with E-state index in [1.165, 1.54) is 23.9 Å². The number of fused-ring (bicyclic) bond motifs is 1. The number of carbonyl (C=O) groups excluding carboxylic acids is 1. The number of nitrogens with zero attached hydrogens (tertiary/aromatic N) is 1. The van der Waals surface area contributed by atoms with Crippen LogP contribution in [0.4, 0.5) is 11.4 Å². The Labute approximate surface area is 135 Å². The standard InChI is InChI=1S/C15H11ClN2O3S/c1-22-14-12-7-9(16)6-11(13(12)17-15(14)19)8-2-4-10(5-3-8)18(20)21/h2-7,14H,1H3,(H,17,19). The maximum atomic E-state index is 12.0. The van der Waals surface area contributed by atoms with E-state index in [0.717, 1.165) is 22.4 Å². The molecule has 1 atom stereocenters. The Balaban J connectivity index is 2.13. The van der Waals surface area contributed by atoms with Crippen molar-refractivity contribution < 1.29 is 9.72 Å². The number of nitrogens with one attached hydrogen (secondary N) is 1. The van der Waals surface area contributed by atoms with Gasteiger partial charge in [-0.05, 0) is 36.1 Å². The molecule has 0 bridgehead atoms. The molecule has 1 amide bonds. The zero-order valence-corrected chi connectivity index (χ0v) is 13.1. The summed E-state index contributed by atoms with van der Waals surface area (Å²) >= 11 is 7.62. The molecular weight excluding hydrogens is 324 g/mol. The third-order valence-electron chi connectivity index (χ3n) is 3.53. The molecule has 1 aliphatic rings. The largest absolute Gasteiger partial charge is 0.324 e.